The highest BCUT2D eigenvalue weighted by atomic mass is 16.2. The first-order valence-electron chi connectivity index (χ1n) is 5.76. The molecule has 0 aliphatic carbocycles. The van der Waals surface area contributed by atoms with Crippen LogP contribution in [0.5, 0.6) is 0 Å². The van der Waals surface area contributed by atoms with Crippen molar-refractivity contribution in [2.75, 3.05) is 19.6 Å². The highest BCUT2D eigenvalue weighted by Gasteiger charge is 2.16. The summed E-state index contributed by atoms with van der Waals surface area (Å²) in [7, 11) is 0. The van der Waals surface area contributed by atoms with Crippen LogP contribution in [0, 0.1) is 5.41 Å². The van der Waals surface area contributed by atoms with Crippen molar-refractivity contribution in [3.8, 4) is 0 Å². The summed E-state index contributed by atoms with van der Waals surface area (Å²) in [6, 6.07) is 0. The first-order chi connectivity index (χ1) is 7.80. The maximum absolute atomic E-state index is 11.2. The number of allylic oxidation sites excluding steroid dienone is 3. The molecule has 1 aliphatic rings. The van der Waals surface area contributed by atoms with E-state index < -0.39 is 0 Å². The van der Waals surface area contributed by atoms with E-state index in [2.05, 4.69) is 5.32 Å². The zero-order valence-electron chi connectivity index (χ0n) is 10.8. The SMILES string of the molecule is CC(C)(C)/C(N)=C/C=C(\N)N1CCNC(=O)C1. The third-order valence-corrected chi connectivity index (χ3v) is 2.70. The molecule has 5 heteroatoms. The van der Waals surface area contributed by atoms with Gasteiger partial charge >= 0.3 is 0 Å². The van der Waals surface area contributed by atoms with Gasteiger partial charge in [0.15, 0.2) is 0 Å². The summed E-state index contributed by atoms with van der Waals surface area (Å²) in [6.45, 7) is 7.79. The Labute approximate surface area is 103 Å². The van der Waals surface area contributed by atoms with Gasteiger partial charge in [0, 0.05) is 24.2 Å². The van der Waals surface area contributed by atoms with E-state index in [0.29, 0.717) is 18.9 Å². The predicted molar refractivity (Wildman–Crippen MR) is 68.6 cm³/mol. The molecule has 96 valence electrons. The molecule has 1 saturated heterocycles. The molecule has 0 saturated carbocycles. The average molecular weight is 238 g/mol. The molecule has 0 aromatic rings. The Bertz CT molecular complexity index is 352. The second-order valence-corrected chi connectivity index (χ2v) is 5.24. The van der Waals surface area contributed by atoms with Gasteiger partial charge in [0.1, 0.15) is 0 Å². The molecule has 5 nitrogen and oxygen atoms in total. The molecular weight excluding hydrogens is 216 g/mol. The Morgan fingerprint density at radius 1 is 1.35 bits per heavy atom. The lowest BCUT2D eigenvalue weighted by molar-refractivity contribution is -0.123. The average Bonchev–Trinajstić information content (AvgIpc) is 2.24. The largest absolute Gasteiger partial charge is 0.402 e. The van der Waals surface area contributed by atoms with Gasteiger partial charge in [-0.15, -0.1) is 0 Å². The number of carbonyl (C=O) groups is 1. The molecule has 17 heavy (non-hydrogen) atoms. The lowest BCUT2D eigenvalue weighted by Crippen LogP contribution is -2.48. The third-order valence-electron chi connectivity index (χ3n) is 2.70. The minimum atomic E-state index is -0.0734. The number of nitrogens with one attached hydrogen (secondary N) is 1. The Morgan fingerprint density at radius 2 is 2.00 bits per heavy atom. The van der Waals surface area contributed by atoms with Crippen molar-refractivity contribution in [1.82, 2.24) is 10.2 Å². The monoisotopic (exact) mass is 238 g/mol. The van der Waals surface area contributed by atoms with Crippen LogP contribution < -0.4 is 16.8 Å². The molecule has 5 N–H and O–H groups in total. The number of rotatable bonds is 2. The van der Waals surface area contributed by atoms with Gasteiger partial charge in [-0.25, -0.2) is 0 Å². The van der Waals surface area contributed by atoms with Gasteiger partial charge in [-0.2, -0.15) is 0 Å². The van der Waals surface area contributed by atoms with E-state index in [9.17, 15) is 4.79 Å². The van der Waals surface area contributed by atoms with E-state index in [1.54, 1.807) is 6.08 Å². The predicted octanol–water partition coefficient (Wildman–Crippen LogP) is 0.107. The lowest BCUT2D eigenvalue weighted by atomic mass is 9.92. The van der Waals surface area contributed by atoms with Crippen LogP contribution in [0.25, 0.3) is 0 Å². The molecule has 0 bridgehead atoms. The number of hydrogen-bond acceptors (Lipinski definition) is 4. The minimum absolute atomic E-state index is 0.000345. The molecule has 1 heterocycles. The van der Waals surface area contributed by atoms with Crippen LogP contribution in [0.1, 0.15) is 20.8 Å². The fraction of sp³-hybridized carbons (Fsp3) is 0.583. The second kappa shape index (κ2) is 5.12. The van der Waals surface area contributed by atoms with Gasteiger partial charge in [0.2, 0.25) is 5.91 Å². The van der Waals surface area contributed by atoms with Gasteiger partial charge < -0.3 is 21.7 Å². The zero-order chi connectivity index (χ0) is 13.1. The van der Waals surface area contributed by atoms with Crippen molar-refractivity contribution in [3.05, 3.63) is 23.7 Å². The lowest BCUT2D eigenvalue weighted by Gasteiger charge is -2.28. The first-order valence-corrected chi connectivity index (χ1v) is 5.76. The van der Waals surface area contributed by atoms with Crippen LogP contribution in [0.15, 0.2) is 23.7 Å². The van der Waals surface area contributed by atoms with Crippen molar-refractivity contribution in [3.63, 3.8) is 0 Å². The fourth-order valence-corrected chi connectivity index (χ4v) is 1.39. The summed E-state index contributed by atoms with van der Waals surface area (Å²) in [6.07, 6.45) is 3.57. The maximum Gasteiger partial charge on any atom is 0.239 e. The van der Waals surface area contributed by atoms with Crippen molar-refractivity contribution in [1.29, 1.82) is 0 Å². The number of hydrogen-bond donors (Lipinski definition) is 3. The highest BCUT2D eigenvalue weighted by Crippen LogP contribution is 2.20. The zero-order valence-corrected chi connectivity index (χ0v) is 10.8. The van der Waals surface area contributed by atoms with Crippen molar-refractivity contribution >= 4 is 5.91 Å². The Kier molecular flexibility index (Phi) is 4.04. The van der Waals surface area contributed by atoms with Gasteiger partial charge in [0.25, 0.3) is 0 Å². The second-order valence-electron chi connectivity index (χ2n) is 5.24. The normalized spacial score (nSPS) is 19.2. The van der Waals surface area contributed by atoms with E-state index in [1.165, 1.54) is 0 Å². The van der Waals surface area contributed by atoms with Crippen molar-refractivity contribution in [2.24, 2.45) is 16.9 Å². The number of nitrogens with zero attached hydrogens (tertiary/aromatic N) is 1. The molecule has 0 atom stereocenters. The molecule has 0 unspecified atom stereocenters. The topological polar surface area (TPSA) is 84.4 Å². The summed E-state index contributed by atoms with van der Waals surface area (Å²) in [5.74, 6) is 0.576. The summed E-state index contributed by atoms with van der Waals surface area (Å²) < 4.78 is 0. The van der Waals surface area contributed by atoms with Gasteiger partial charge in [-0.1, -0.05) is 20.8 Å². The first kappa shape index (κ1) is 13.4. The summed E-state index contributed by atoms with van der Waals surface area (Å²) in [4.78, 5) is 13.0. The molecule has 1 amide bonds. The molecule has 1 aliphatic heterocycles. The van der Waals surface area contributed by atoms with Crippen molar-refractivity contribution in [2.45, 2.75) is 20.8 Å². The quantitative estimate of drug-likeness (QED) is 0.596. The summed E-state index contributed by atoms with van der Waals surface area (Å²) >= 11 is 0. The third kappa shape index (κ3) is 4.01. The molecular formula is C12H22N4O. The van der Waals surface area contributed by atoms with Crippen LogP contribution in [-0.2, 0) is 4.79 Å². The van der Waals surface area contributed by atoms with Crippen LogP contribution in [0.2, 0.25) is 0 Å². The van der Waals surface area contributed by atoms with Crippen LogP contribution >= 0.6 is 0 Å². The molecule has 0 spiro atoms. The molecule has 0 radical (unpaired) electrons. The van der Waals surface area contributed by atoms with E-state index in [-0.39, 0.29) is 11.3 Å². The van der Waals surface area contributed by atoms with Crippen LogP contribution in [-0.4, -0.2) is 30.4 Å². The van der Waals surface area contributed by atoms with Crippen molar-refractivity contribution < 1.29 is 4.79 Å². The molecule has 1 rings (SSSR count). The van der Waals surface area contributed by atoms with Gasteiger partial charge in [0.05, 0.1) is 12.4 Å². The van der Waals surface area contributed by atoms with E-state index >= 15 is 0 Å². The smallest absolute Gasteiger partial charge is 0.239 e. The molecule has 0 aromatic heterocycles. The fourth-order valence-electron chi connectivity index (χ4n) is 1.39. The van der Waals surface area contributed by atoms with Gasteiger partial charge in [-0.3, -0.25) is 4.79 Å². The number of nitrogens with two attached hydrogens (primary N) is 2. The number of carbonyl (C=O) groups excluding carboxylic acids is 1. The maximum atomic E-state index is 11.2. The van der Waals surface area contributed by atoms with E-state index in [0.717, 1.165) is 12.2 Å². The van der Waals surface area contributed by atoms with Crippen LogP contribution in [0.3, 0.4) is 0 Å². The van der Waals surface area contributed by atoms with E-state index in [4.69, 9.17) is 11.5 Å². The molecule has 0 aromatic carbocycles. The Hall–Kier alpha value is -1.65. The summed E-state index contributed by atoms with van der Waals surface area (Å²) in [5, 5.41) is 2.75. The number of piperazine rings is 1. The highest BCUT2D eigenvalue weighted by molar-refractivity contribution is 5.78. The standard InChI is InChI=1S/C12H22N4O/c1-12(2,3)9(13)4-5-10(14)16-7-6-15-11(17)8-16/h4-5H,6-8,13-14H2,1-3H3,(H,15,17)/b9-4-,10-5+. The Morgan fingerprint density at radius 3 is 2.53 bits per heavy atom. The minimum Gasteiger partial charge on any atom is -0.402 e. The summed E-state index contributed by atoms with van der Waals surface area (Å²) in [5.41, 5.74) is 12.5. The van der Waals surface area contributed by atoms with Crippen LogP contribution in [0.4, 0.5) is 0 Å². The van der Waals surface area contributed by atoms with E-state index in [1.807, 2.05) is 31.7 Å². The number of amides is 1. The molecule has 1 fully saturated rings. The van der Waals surface area contributed by atoms with Gasteiger partial charge in [-0.05, 0) is 12.2 Å². The Balaban J connectivity index is 2.69.